The Morgan fingerprint density at radius 2 is 1.84 bits per heavy atom. The molecule has 0 aliphatic carbocycles. The molecule has 1 amide bonds. The number of guanidine groups is 1. The van der Waals surface area contributed by atoms with Gasteiger partial charge in [-0.3, -0.25) is 19.2 Å². The predicted molar refractivity (Wildman–Crippen MR) is 127 cm³/mol. The summed E-state index contributed by atoms with van der Waals surface area (Å²) < 4.78 is 7.95. The molecule has 0 bridgehead atoms. The van der Waals surface area contributed by atoms with Gasteiger partial charge in [0.1, 0.15) is 11.6 Å². The number of anilines is 1. The highest BCUT2D eigenvalue weighted by atomic mass is 79.9. The molecule has 2 aliphatic heterocycles. The van der Waals surface area contributed by atoms with E-state index in [0.717, 1.165) is 23.6 Å². The number of ether oxygens (including phenoxy) is 1. The maximum atomic E-state index is 13.3. The zero-order valence-corrected chi connectivity index (χ0v) is 19.6. The number of aromatic nitrogens is 2. The average molecular weight is 494 g/mol. The van der Waals surface area contributed by atoms with Gasteiger partial charge in [0, 0.05) is 6.54 Å². The van der Waals surface area contributed by atoms with Gasteiger partial charge in [0.15, 0.2) is 10.4 Å². The number of amides is 1. The second-order valence-corrected chi connectivity index (χ2v) is 8.63. The summed E-state index contributed by atoms with van der Waals surface area (Å²) in [5.41, 5.74) is 2.80. The van der Waals surface area contributed by atoms with Gasteiger partial charge in [0.25, 0.3) is 5.91 Å². The fraction of sp³-hybridized carbons (Fsp3) is 0.292. The van der Waals surface area contributed by atoms with E-state index in [1.165, 1.54) is 5.56 Å². The Morgan fingerprint density at radius 3 is 2.53 bits per heavy atom. The number of rotatable bonds is 6. The van der Waals surface area contributed by atoms with Crippen molar-refractivity contribution in [1.82, 2.24) is 14.5 Å². The molecule has 1 aromatic heterocycles. The first-order chi connectivity index (χ1) is 15.6. The van der Waals surface area contributed by atoms with E-state index in [1.54, 1.807) is 12.0 Å². The van der Waals surface area contributed by atoms with Crippen molar-refractivity contribution >= 4 is 33.6 Å². The Balaban J connectivity index is 1.50. The molecule has 3 heterocycles. The van der Waals surface area contributed by atoms with Crippen LogP contribution in [-0.2, 0) is 13.0 Å². The third-order valence-corrected chi connectivity index (χ3v) is 6.51. The Morgan fingerprint density at radius 1 is 1.09 bits per heavy atom. The highest BCUT2D eigenvalue weighted by Gasteiger charge is 2.43. The van der Waals surface area contributed by atoms with E-state index >= 15 is 0 Å². The molecule has 0 saturated carbocycles. The van der Waals surface area contributed by atoms with E-state index in [1.807, 2.05) is 54.0 Å². The normalized spacial score (nSPS) is 17.3. The summed E-state index contributed by atoms with van der Waals surface area (Å²) in [4.78, 5) is 26.7. The van der Waals surface area contributed by atoms with Gasteiger partial charge in [-0.15, -0.1) is 0 Å². The summed E-state index contributed by atoms with van der Waals surface area (Å²) in [6.07, 6.45) is 0.829. The summed E-state index contributed by atoms with van der Waals surface area (Å²) in [5, 5.41) is 0. The quantitative estimate of drug-likeness (QED) is 0.521. The van der Waals surface area contributed by atoms with E-state index in [9.17, 15) is 4.79 Å². The molecule has 2 aliphatic rings. The van der Waals surface area contributed by atoms with Crippen molar-refractivity contribution in [3.8, 4) is 5.75 Å². The SMILES string of the molecule is CCN1C(=O)c2nc(Br)n(Cc3ccc(OC)cc3)c2N2C[C@@H](Cc3ccccc3)N=C12. The molecule has 7 nitrogen and oxygen atoms in total. The molecule has 0 N–H and O–H groups in total. The molecular formula is C24H24BrN5O2. The molecule has 1 atom stereocenters. The van der Waals surface area contributed by atoms with E-state index < -0.39 is 0 Å². The molecule has 5 rings (SSSR count). The first kappa shape index (κ1) is 20.8. The van der Waals surface area contributed by atoms with E-state index in [2.05, 4.69) is 37.9 Å². The van der Waals surface area contributed by atoms with Gasteiger partial charge in [-0.05, 0) is 52.5 Å². The van der Waals surface area contributed by atoms with Gasteiger partial charge in [0.2, 0.25) is 5.96 Å². The number of nitrogens with zero attached hydrogens (tertiary/aromatic N) is 5. The van der Waals surface area contributed by atoms with Crippen LogP contribution in [0.2, 0.25) is 0 Å². The van der Waals surface area contributed by atoms with E-state index in [-0.39, 0.29) is 11.9 Å². The minimum absolute atomic E-state index is 0.0725. The predicted octanol–water partition coefficient (Wildman–Crippen LogP) is 3.97. The molecule has 0 radical (unpaired) electrons. The third-order valence-electron chi connectivity index (χ3n) is 5.90. The summed E-state index contributed by atoms with van der Waals surface area (Å²) in [6.45, 7) is 3.81. The van der Waals surface area contributed by atoms with Crippen molar-refractivity contribution in [2.45, 2.75) is 25.9 Å². The average Bonchev–Trinajstić information content (AvgIpc) is 3.36. The van der Waals surface area contributed by atoms with Crippen LogP contribution in [0.4, 0.5) is 5.82 Å². The Hall–Kier alpha value is -3.13. The van der Waals surface area contributed by atoms with Crippen molar-refractivity contribution in [1.29, 1.82) is 0 Å². The minimum Gasteiger partial charge on any atom is -0.497 e. The lowest BCUT2D eigenvalue weighted by molar-refractivity contribution is 0.0841. The van der Waals surface area contributed by atoms with Crippen molar-refractivity contribution in [3.63, 3.8) is 0 Å². The zero-order valence-electron chi connectivity index (χ0n) is 18.0. The van der Waals surface area contributed by atoms with Crippen molar-refractivity contribution in [2.75, 3.05) is 25.1 Å². The maximum Gasteiger partial charge on any atom is 0.283 e. The maximum absolute atomic E-state index is 13.3. The topological polar surface area (TPSA) is 63.0 Å². The smallest absolute Gasteiger partial charge is 0.283 e. The van der Waals surface area contributed by atoms with Crippen LogP contribution in [0.1, 0.15) is 28.5 Å². The van der Waals surface area contributed by atoms with Crippen LogP contribution in [0.15, 0.2) is 64.3 Å². The van der Waals surface area contributed by atoms with Crippen LogP contribution < -0.4 is 9.64 Å². The first-order valence-corrected chi connectivity index (χ1v) is 11.5. The number of imidazole rings is 1. The Kier molecular flexibility index (Phi) is 5.46. The van der Waals surface area contributed by atoms with Crippen molar-refractivity contribution in [3.05, 3.63) is 76.2 Å². The number of aliphatic imine (C=N–C) groups is 1. The van der Waals surface area contributed by atoms with Crippen LogP contribution in [0.3, 0.4) is 0 Å². The number of carbonyl (C=O) groups excluding carboxylic acids is 1. The number of hydrogen-bond acceptors (Lipinski definition) is 5. The molecule has 0 fully saturated rings. The van der Waals surface area contributed by atoms with Crippen LogP contribution >= 0.6 is 15.9 Å². The van der Waals surface area contributed by atoms with Gasteiger partial charge in [-0.1, -0.05) is 42.5 Å². The summed E-state index contributed by atoms with van der Waals surface area (Å²) >= 11 is 3.59. The Bertz CT molecular complexity index is 1170. The second-order valence-electron chi connectivity index (χ2n) is 7.92. The van der Waals surface area contributed by atoms with E-state index in [0.29, 0.717) is 36.0 Å². The van der Waals surface area contributed by atoms with Crippen molar-refractivity contribution < 1.29 is 9.53 Å². The molecule has 164 valence electrons. The van der Waals surface area contributed by atoms with Crippen LogP contribution in [0, 0.1) is 0 Å². The lowest BCUT2D eigenvalue weighted by Crippen LogP contribution is -2.50. The lowest BCUT2D eigenvalue weighted by Gasteiger charge is -2.33. The standard InChI is InChI=1S/C24H24BrN5O2/c1-3-28-22(31)20-21(29(23(25)27-20)14-17-9-11-19(32-2)12-10-17)30-15-18(26-24(28)30)13-16-7-5-4-6-8-16/h4-12,18H,3,13-15H2,1-2H3/t18-/m1/s1. The van der Waals surface area contributed by atoms with Gasteiger partial charge in [-0.2, -0.15) is 0 Å². The van der Waals surface area contributed by atoms with Gasteiger partial charge in [-0.25, -0.2) is 9.98 Å². The number of methoxy groups -OCH3 is 1. The first-order valence-electron chi connectivity index (χ1n) is 10.7. The molecule has 3 aromatic rings. The van der Waals surface area contributed by atoms with Gasteiger partial charge in [0.05, 0.1) is 26.2 Å². The number of benzene rings is 2. The van der Waals surface area contributed by atoms with Gasteiger partial charge >= 0.3 is 0 Å². The van der Waals surface area contributed by atoms with Crippen LogP contribution in [0.5, 0.6) is 5.75 Å². The molecule has 8 heteroatoms. The van der Waals surface area contributed by atoms with Crippen LogP contribution in [-0.4, -0.2) is 52.6 Å². The van der Waals surface area contributed by atoms with Gasteiger partial charge < -0.3 is 4.74 Å². The molecule has 0 saturated heterocycles. The lowest BCUT2D eigenvalue weighted by atomic mass is 10.1. The Labute approximate surface area is 195 Å². The molecule has 32 heavy (non-hydrogen) atoms. The summed E-state index contributed by atoms with van der Waals surface area (Å²) in [7, 11) is 1.66. The highest BCUT2D eigenvalue weighted by molar-refractivity contribution is 9.10. The minimum atomic E-state index is -0.105. The fourth-order valence-corrected chi connectivity index (χ4v) is 4.82. The van der Waals surface area contributed by atoms with Crippen LogP contribution in [0.25, 0.3) is 0 Å². The molecule has 0 spiro atoms. The number of fused-ring (bicyclic) bond motifs is 3. The highest BCUT2D eigenvalue weighted by Crippen LogP contribution is 2.35. The fourth-order valence-electron chi connectivity index (χ4n) is 4.35. The molecular weight excluding hydrogens is 470 g/mol. The number of carbonyl (C=O) groups is 1. The third kappa shape index (κ3) is 3.58. The monoisotopic (exact) mass is 493 g/mol. The molecule has 2 aromatic carbocycles. The zero-order chi connectivity index (χ0) is 22.2. The second kappa shape index (κ2) is 8.43. The number of halogens is 1. The summed E-state index contributed by atoms with van der Waals surface area (Å²) in [5.74, 6) is 2.23. The molecule has 0 unspecified atom stereocenters. The summed E-state index contributed by atoms with van der Waals surface area (Å²) in [6, 6.07) is 18.4. The van der Waals surface area contributed by atoms with Crippen molar-refractivity contribution in [2.24, 2.45) is 4.99 Å². The largest absolute Gasteiger partial charge is 0.497 e. The number of hydrogen-bond donors (Lipinski definition) is 0. The van der Waals surface area contributed by atoms with E-state index in [4.69, 9.17) is 9.73 Å².